The molecule has 4 aromatic rings. The van der Waals surface area contributed by atoms with E-state index in [1.807, 2.05) is 72.8 Å². The van der Waals surface area contributed by atoms with Gasteiger partial charge in [-0.05, 0) is 156 Å². The average molecular weight is 1530 g/mol. The van der Waals surface area contributed by atoms with Crippen molar-refractivity contribution in [3.05, 3.63) is 119 Å². The smallest absolute Gasteiger partial charge is 0.402 e. The van der Waals surface area contributed by atoms with Crippen molar-refractivity contribution in [2.45, 2.75) is 209 Å². The number of rotatable bonds is 35. The fourth-order valence-corrected chi connectivity index (χ4v) is 8.82. The molecule has 4 aromatic carbocycles. The predicted octanol–water partition coefficient (Wildman–Crippen LogP) is 18.2. The maximum atomic E-state index is 13.3. The maximum absolute atomic E-state index is 13.3. The monoisotopic (exact) mass is 1530 g/mol. The van der Waals surface area contributed by atoms with Gasteiger partial charge in [-0.25, -0.2) is 27.6 Å². The number of ether oxygens (including phenoxy) is 14. The summed E-state index contributed by atoms with van der Waals surface area (Å²) in [6, 6.07) is 23.5. The van der Waals surface area contributed by atoms with Crippen LogP contribution in [0, 0.1) is 45.8 Å². The van der Waals surface area contributed by atoms with Gasteiger partial charge in [0.1, 0.15) is 23.9 Å². The van der Waals surface area contributed by atoms with E-state index in [0.29, 0.717) is 54.5 Å². The molecular formula is C76H105F11O19. The number of esters is 5. The average Bonchev–Trinajstić information content (AvgIpc) is 0.798. The summed E-state index contributed by atoms with van der Waals surface area (Å²) < 4.78 is 208. The molecule has 0 bridgehead atoms. The molecule has 0 amide bonds. The van der Waals surface area contributed by atoms with Crippen molar-refractivity contribution >= 4 is 29.8 Å². The molecule has 600 valence electrons. The van der Waals surface area contributed by atoms with Crippen molar-refractivity contribution in [3.63, 3.8) is 0 Å². The largest absolute Gasteiger partial charge is 0.485 e. The fraction of sp³-hybridized carbons (Fsp3) is 0.618. The lowest BCUT2D eigenvalue weighted by Crippen LogP contribution is -2.40. The van der Waals surface area contributed by atoms with Crippen LogP contribution in [0.25, 0.3) is 0 Å². The third-order valence-corrected chi connectivity index (χ3v) is 17.2. The first kappa shape index (κ1) is 94.5. The minimum Gasteiger partial charge on any atom is -0.485 e. The van der Waals surface area contributed by atoms with Gasteiger partial charge in [-0.1, -0.05) is 111 Å². The standard InChI is InChI=1S/C19H28O4.C17H24O4.C15H17F5O4.C14H20O4.C11H16F6O3/c1-3-15(2)16-9-11-18(12-10-16)21-13-19(20)23-14-22-17-7-5-4-6-8-17;1-3-13(2)14-7-9-15(10-8-14)20-12-16(18)21-17-6-4-5-11-19-17;1-4-15(2,3)14(21)24-7-22-5-6-23-13-11(19)9(17)8(16)10(18)12(13)20;1-4-11(2)12-5-7-13(8-6-12)17-9-14(15)18-10-16-3;1-4-9(2,3)8(18)20-6-19-5-7(10(12,13)14)11(15,16)17/h9-12,15,17H,3-8,13-14H2,1-2H3;7-10,13,17H,3-6,11-12H2,1-2H3;4-7H2,1-3H3;5-8,11H,4,9-10H2,1-3H3;7H,4-6H2,1-3H3. The van der Waals surface area contributed by atoms with E-state index >= 15 is 0 Å². The molecule has 6 rings (SSSR count). The van der Waals surface area contributed by atoms with Gasteiger partial charge in [0.25, 0.3) is 0 Å². The maximum Gasteiger partial charge on any atom is 0.402 e. The Balaban J connectivity index is 0.000000452. The highest BCUT2D eigenvalue weighted by Crippen LogP contribution is 2.40. The minimum atomic E-state index is -5.47. The Labute approximate surface area is 614 Å². The Morgan fingerprint density at radius 2 is 0.849 bits per heavy atom. The third kappa shape index (κ3) is 36.4. The second kappa shape index (κ2) is 49.4. The molecule has 1 aliphatic heterocycles. The molecule has 19 nitrogen and oxygen atoms in total. The van der Waals surface area contributed by atoms with Crippen LogP contribution in [0.1, 0.15) is 201 Å². The molecule has 1 saturated carbocycles. The molecule has 2 aliphatic rings. The minimum absolute atomic E-state index is 0.0276. The molecular weight excluding hydrogens is 1430 g/mol. The number of alkyl halides is 6. The normalized spacial score (nSPS) is 14.8. The molecule has 30 heteroatoms. The first-order valence-electron chi connectivity index (χ1n) is 35.2. The van der Waals surface area contributed by atoms with Crippen LogP contribution in [0.4, 0.5) is 48.3 Å². The van der Waals surface area contributed by atoms with Gasteiger partial charge in [0, 0.05) is 13.5 Å². The van der Waals surface area contributed by atoms with Crippen LogP contribution in [0.2, 0.25) is 0 Å². The molecule has 1 aliphatic carbocycles. The Morgan fingerprint density at radius 1 is 0.462 bits per heavy atom. The lowest BCUT2D eigenvalue weighted by Gasteiger charge is -2.23. The van der Waals surface area contributed by atoms with Crippen molar-refractivity contribution in [1.29, 1.82) is 0 Å². The summed E-state index contributed by atoms with van der Waals surface area (Å²) in [6.07, 6.45) is 1.83. The number of hydrogen-bond donors (Lipinski definition) is 0. The highest BCUT2D eigenvalue weighted by atomic mass is 19.4. The predicted molar refractivity (Wildman–Crippen MR) is 368 cm³/mol. The molecule has 106 heavy (non-hydrogen) atoms. The highest BCUT2D eigenvalue weighted by Gasteiger charge is 2.56. The number of carbonyl (C=O) groups excluding carboxylic acids is 5. The van der Waals surface area contributed by atoms with E-state index in [1.54, 1.807) is 27.7 Å². The van der Waals surface area contributed by atoms with Crippen molar-refractivity contribution in [2.75, 3.05) is 80.5 Å². The molecule has 4 atom stereocenters. The second-order valence-corrected chi connectivity index (χ2v) is 26.0. The number of benzene rings is 4. The van der Waals surface area contributed by atoms with Gasteiger partial charge in [-0.15, -0.1) is 0 Å². The number of hydrogen-bond acceptors (Lipinski definition) is 19. The van der Waals surface area contributed by atoms with Crippen LogP contribution >= 0.6 is 0 Å². The topological polar surface area (TPSA) is 215 Å². The molecule has 4 unspecified atom stereocenters. The van der Waals surface area contributed by atoms with Crippen molar-refractivity contribution in [1.82, 2.24) is 0 Å². The Morgan fingerprint density at radius 3 is 1.23 bits per heavy atom. The summed E-state index contributed by atoms with van der Waals surface area (Å²) in [5.41, 5.74) is 2.27. The summed E-state index contributed by atoms with van der Waals surface area (Å²) in [4.78, 5) is 57.5. The number of methoxy groups -OCH3 is 1. The zero-order chi connectivity index (χ0) is 79.6. The van der Waals surface area contributed by atoms with Gasteiger partial charge in [0.2, 0.25) is 35.4 Å². The molecule has 1 heterocycles. The summed E-state index contributed by atoms with van der Waals surface area (Å²) in [7, 11) is 1.46. The quantitative estimate of drug-likeness (QED) is 0.00796. The van der Waals surface area contributed by atoms with Gasteiger partial charge >= 0.3 is 42.2 Å². The molecule has 1 saturated heterocycles. The summed E-state index contributed by atoms with van der Waals surface area (Å²) >= 11 is 0. The van der Waals surface area contributed by atoms with Crippen LogP contribution in [-0.2, 0) is 71.3 Å². The molecule has 0 N–H and O–H groups in total. The van der Waals surface area contributed by atoms with Crippen LogP contribution in [0.3, 0.4) is 0 Å². The van der Waals surface area contributed by atoms with Crippen LogP contribution in [-0.4, -0.2) is 135 Å². The molecule has 0 radical (unpaired) electrons. The SMILES string of the molecule is CCC(C)(C)C(=O)OCOCC(C(F)(F)F)C(F)(F)F.CCC(C)(C)C(=O)OCOCCOc1c(F)c(F)c(F)c(F)c1F.CCC(C)c1ccc(OCC(=O)OC2CCCCO2)cc1.CCC(C)c1ccc(OCC(=O)OCOC)cc1.CCC(C)c1ccc(OCC(=O)OCOC2CCCCC2)cc1. The van der Waals surface area contributed by atoms with Crippen molar-refractivity contribution in [3.8, 4) is 23.0 Å². The van der Waals surface area contributed by atoms with Crippen LogP contribution in [0.5, 0.6) is 23.0 Å². The Bertz CT molecular complexity index is 3120. The Kier molecular flexibility index (Phi) is 44.1. The summed E-state index contributed by atoms with van der Waals surface area (Å²) in [5, 5.41) is 0. The molecule has 2 fully saturated rings. The van der Waals surface area contributed by atoms with E-state index < -0.39 is 121 Å². The number of halogens is 11. The zero-order valence-electron chi connectivity index (χ0n) is 62.8. The van der Waals surface area contributed by atoms with E-state index in [0.717, 1.165) is 51.4 Å². The van der Waals surface area contributed by atoms with Gasteiger partial charge < -0.3 is 66.3 Å². The van der Waals surface area contributed by atoms with Crippen LogP contribution in [0.15, 0.2) is 72.8 Å². The van der Waals surface area contributed by atoms with Gasteiger partial charge in [-0.2, -0.15) is 35.1 Å². The van der Waals surface area contributed by atoms with E-state index in [-0.39, 0.29) is 52.1 Å². The first-order chi connectivity index (χ1) is 50.0. The third-order valence-electron chi connectivity index (χ3n) is 17.2. The van der Waals surface area contributed by atoms with Gasteiger partial charge in [-0.3, -0.25) is 9.59 Å². The Hall–Kier alpha value is -7.54. The summed E-state index contributed by atoms with van der Waals surface area (Å²) in [5.74, 6) is -14.4. The molecule has 0 aromatic heterocycles. The van der Waals surface area contributed by atoms with Crippen LogP contribution < -0.4 is 18.9 Å². The van der Waals surface area contributed by atoms with E-state index in [2.05, 4.69) is 60.5 Å². The van der Waals surface area contributed by atoms with Crippen molar-refractivity contribution in [2.24, 2.45) is 16.7 Å². The van der Waals surface area contributed by atoms with E-state index in [1.165, 1.54) is 56.9 Å². The fourth-order valence-electron chi connectivity index (χ4n) is 8.82. The molecule has 0 spiro atoms. The van der Waals surface area contributed by atoms with Gasteiger partial charge in [0.05, 0.1) is 36.8 Å². The number of carbonyl (C=O) groups is 5. The zero-order valence-corrected chi connectivity index (χ0v) is 62.8. The lowest BCUT2D eigenvalue weighted by molar-refractivity contribution is -0.297. The summed E-state index contributed by atoms with van der Waals surface area (Å²) in [6.45, 7) is 19.5. The second-order valence-electron chi connectivity index (χ2n) is 26.0. The van der Waals surface area contributed by atoms with E-state index in [4.69, 9.17) is 47.4 Å². The van der Waals surface area contributed by atoms with Crippen molar-refractivity contribution < 1.29 is 139 Å². The lowest BCUT2D eigenvalue weighted by atomic mass is 9.91. The van der Waals surface area contributed by atoms with Gasteiger partial charge in [0.15, 0.2) is 58.7 Å². The van der Waals surface area contributed by atoms with E-state index in [9.17, 15) is 72.3 Å². The highest BCUT2D eigenvalue weighted by molar-refractivity contribution is 5.76. The first-order valence-corrected chi connectivity index (χ1v) is 35.2.